The van der Waals surface area contributed by atoms with Crippen molar-refractivity contribution in [1.29, 1.82) is 0 Å². The van der Waals surface area contributed by atoms with E-state index in [0.717, 1.165) is 22.0 Å². The molecule has 1 aliphatic heterocycles. The van der Waals surface area contributed by atoms with Crippen LogP contribution >= 0.6 is 15.9 Å². The summed E-state index contributed by atoms with van der Waals surface area (Å²) in [6.07, 6.45) is 1.21. The summed E-state index contributed by atoms with van der Waals surface area (Å²) < 4.78 is 0.921. The molecule has 0 aromatic heterocycles. The molecule has 1 heterocycles. The van der Waals surface area contributed by atoms with E-state index in [0.29, 0.717) is 13.0 Å². The van der Waals surface area contributed by atoms with Gasteiger partial charge in [0.25, 0.3) is 0 Å². The molecule has 2 unspecified atom stereocenters. The van der Waals surface area contributed by atoms with E-state index in [9.17, 15) is 14.7 Å². The van der Waals surface area contributed by atoms with Crippen LogP contribution in [0.3, 0.4) is 0 Å². The summed E-state index contributed by atoms with van der Waals surface area (Å²) in [5.74, 6) is -0.978. The minimum absolute atomic E-state index is 0.0116. The van der Waals surface area contributed by atoms with Gasteiger partial charge in [-0.15, -0.1) is 0 Å². The van der Waals surface area contributed by atoms with Crippen molar-refractivity contribution in [3.63, 3.8) is 0 Å². The van der Waals surface area contributed by atoms with Crippen LogP contribution in [-0.4, -0.2) is 27.9 Å². The Labute approximate surface area is 132 Å². The van der Waals surface area contributed by atoms with Gasteiger partial charge in [-0.3, -0.25) is 4.79 Å². The van der Waals surface area contributed by atoms with Crippen molar-refractivity contribution in [2.45, 2.75) is 39.3 Å². The second-order valence-electron chi connectivity index (χ2n) is 6.65. The normalized spacial score (nSPS) is 26.1. The minimum Gasteiger partial charge on any atom is -0.480 e. The SMILES string of the molecule is CC1(C)CC1C(=O)N1Cc2cccc(Br)c2CC1C(=O)O. The maximum Gasteiger partial charge on any atom is 0.326 e. The van der Waals surface area contributed by atoms with Crippen molar-refractivity contribution in [2.75, 3.05) is 0 Å². The molecular formula is C16H18BrNO3. The van der Waals surface area contributed by atoms with Crippen molar-refractivity contribution < 1.29 is 14.7 Å². The van der Waals surface area contributed by atoms with E-state index < -0.39 is 12.0 Å². The van der Waals surface area contributed by atoms with E-state index in [1.807, 2.05) is 18.2 Å². The highest BCUT2D eigenvalue weighted by Crippen LogP contribution is 2.53. The fraction of sp³-hybridized carbons (Fsp3) is 0.500. The molecule has 2 atom stereocenters. The first-order valence-electron chi connectivity index (χ1n) is 7.11. The molecule has 21 heavy (non-hydrogen) atoms. The fourth-order valence-corrected chi connectivity index (χ4v) is 3.69. The van der Waals surface area contributed by atoms with Crippen LogP contribution in [0.2, 0.25) is 0 Å². The van der Waals surface area contributed by atoms with Gasteiger partial charge in [0.1, 0.15) is 6.04 Å². The van der Waals surface area contributed by atoms with E-state index in [1.54, 1.807) is 4.90 Å². The number of carboxylic acids is 1. The summed E-state index contributed by atoms with van der Waals surface area (Å²) >= 11 is 3.48. The van der Waals surface area contributed by atoms with Gasteiger partial charge >= 0.3 is 5.97 Å². The minimum atomic E-state index is -0.928. The Morgan fingerprint density at radius 2 is 2.05 bits per heavy atom. The fourth-order valence-electron chi connectivity index (χ4n) is 3.12. The lowest BCUT2D eigenvalue weighted by molar-refractivity contribution is -0.152. The Kier molecular flexibility index (Phi) is 3.35. The number of nitrogens with zero attached hydrogens (tertiary/aromatic N) is 1. The van der Waals surface area contributed by atoms with E-state index >= 15 is 0 Å². The monoisotopic (exact) mass is 351 g/mol. The zero-order valence-electron chi connectivity index (χ0n) is 12.1. The molecule has 0 saturated heterocycles. The van der Waals surface area contributed by atoms with Gasteiger partial charge in [0.05, 0.1) is 0 Å². The first kappa shape index (κ1) is 14.6. The predicted octanol–water partition coefficient (Wildman–Crippen LogP) is 2.83. The lowest BCUT2D eigenvalue weighted by atomic mass is 9.93. The van der Waals surface area contributed by atoms with Crippen molar-refractivity contribution in [3.8, 4) is 0 Å². The van der Waals surface area contributed by atoms with Crippen molar-refractivity contribution in [3.05, 3.63) is 33.8 Å². The number of hydrogen-bond donors (Lipinski definition) is 1. The molecule has 5 heteroatoms. The number of hydrogen-bond acceptors (Lipinski definition) is 2. The number of amides is 1. The summed E-state index contributed by atoms with van der Waals surface area (Å²) in [6.45, 7) is 4.50. The van der Waals surface area contributed by atoms with Crippen molar-refractivity contribution in [1.82, 2.24) is 4.90 Å². The highest BCUT2D eigenvalue weighted by Gasteiger charge is 2.53. The molecule has 1 saturated carbocycles. The molecule has 112 valence electrons. The Morgan fingerprint density at radius 1 is 1.38 bits per heavy atom. The Hall–Kier alpha value is -1.36. The number of aliphatic carboxylic acids is 1. The second-order valence-corrected chi connectivity index (χ2v) is 7.50. The van der Waals surface area contributed by atoms with Gasteiger partial charge in [-0.25, -0.2) is 4.79 Å². The van der Waals surface area contributed by atoms with E-state index in [4.69, 9.17) is 0 Å². The van der Waals surface area contributed by atoms with E-state index in [2.05, 4.69) is 29.8 Å². The standard InChI is InChI=1S/C16H18BrNO3/c1-16(2)7-11(16)14(19)18-8-9-4-3-5-12(17)10(9)6-13(18)15(20)21/h3-5,11,13H,6-8H2,1-2H3,(H,20,21). The third-order valence-electron chi connectivity index (χ3n) is 4.71. The number of fused-ring (bicyclic) bond motifs is 1. The number of rotatable bonds is 2. The maximum atomic E-state index is 12.6. The molecule has 1 aromatic carbocycles. The zero-order chi connectivity index (χ0) is 15.4. The Bertz CT molecular complexity index is 626. The average molecular weight is 352 g/mol. The lowest BCUT2D eigenvalue weighted by Crippen LogP contribution is -2.49. The first-order valence-corrected chi connectivity index (χ1v) is 7.90. The smallest absolute Gasteiger partial charge is 0.326 e. The van der Waals surface area contributed by atoms with Gasteiger partial charge in [0, 0.05) is 23.4 Å². The topological polar surface area (TPSA) is 57.6 Å². The number of halogens is 1. The highest BCUT2D eigenvalue weighted by atomic mass is 79.9. The molecule has 1 fully saturated rings. The van der Waals surface area contributed by atoms with E-state index in [1.165, 1.54) is 0 Å². The Balaban J connectivity index is 1.93. The summed E-state index contributed by atoms with van der Waals surface area (Å²) in [4.78, 5) is 25.8. The van der Waals surface area contributed by atoms with Crippen LogP contribution in [0.15, 0.2) is 22.7 Å². The number of carbonyl (C=O) groups excluding carboxylic acids is 1. The van der Waals surface area contributed by atoms with Crippen LogP contribution in [0, 0.1) is 11.3 Å². The summed E-state index contributed by atoms with van der Waals surface area (Å²) in [5, 5.41) is 9.50. The molecule has 1 aromatic rings. The predicted molar refractivity (Wildman–Crippen MR) is 81.7 cm³/mol. The van der Waals surface area contributed by atoms with E-state index in [-0.39, 0.29) is 17.2 Å². The van der Waals surface area contributed by atoms with Gasteiger partial charge in [0.2, 0.25) is 5.91 Å². The van der Waals surface area contributed by atoms with Gasteiger partial charge < -0.3 is 10.0 Å². The molecule has 0 spiro atoms. The average Bonchev–Trinajstić information content (AvgIpc) is 3.06. The summed E-state index contributed by atoms with van der Waals surface area (Å²) in [7, 11) is 0. The van der Waals surface area contributed by atoms with Crippen LogP contribution in [-0.2, 0) is 22.6 Å². The van der Waals surface area contributed by atoms with Crippen LogP contribution in [0.1, 0.15) is 31.4 Å². The molecule has 1 amide bonds. The number of carboxylic acid groups (broad SMARTS) is 1. The number of carbonyl (C=O) groups is 2. The summed E-state index contributed by atoms with van der Waals surface area (Å²) in [6, 6.07) is 5.05. The van der Waals surface area contributed by atoms with Crippen LogP contribution in [0.4, 0.5) is 0 Å². The third-order valence-corrected chi connectivity index (χ3v) is 5.45. The van der Waals surface area contributed by atoms with Gasteiger partial charge in [-0.2, -0.15) is 0 Å². The molecule has 4 nitrogen and oxygen atoms in total. The quantitative estimate of drug-likeness (QED) is 0.891. The molecule has 1 aliphatic carbocycles. The highest BCUT2D eigenvalue weighted by molar-refractivity contribution is 9.10. The van der Waals surface area contributed by atoms with Crippen molar-refractivity contribution >= 4 is 27.8 Å². The molecule has 0 bridgehead atoms. The molecule has 3 rings (SSSR count). The van der Waals surface area contributed by atoms with Crippen LogP contribution in [0.25, 0.3) is 0 Å². The van der Waals surface area contributed by atoms with Crippen LogP contribution < -0.4 is 0 Å². The molecule has 2 aliphatic rings. The maximum absolute atomic E-state index is 12.6. The van der Waals surface area contributed by atoms with Crippen LogP contribution in [0.5, 0.6) is 0 Å². The largest absolute Gasteiger partial charge is 0.480 e. The third kappa shape index (κ3) is 2.48. The van der Waals surface area contributed by atoms with Gasteiger partial charge in [-0.1, -0.05) is 41.9 Å². The number of benzene rings is 1. The zero-order valence-corrected chi connectivity index (χ0v) is 13.7. The summed E-state index contributed by atoms with van der Waals surface area (Å²) in [5.41, 5.74) is 2.05. The molecule has 1 N–H and O–H groups in total. The van der Waals surface area contributed by atoms with Gasteiger partial charge in [-0.05, 0) is 29.0 Å². The molecular weight excluding hydrogens is 334 g/mol. The Morgan fingerprint density at radius 3 is 2.62 bits per heavy atom. The first-order chi connectivity index (χ1) is 9.81. The van der Waals surface area contributed by atoms with Gasteiger partial charge in [0.15, 0.2) is 0 Å². The second kappa shape index (κ2) is 4.83. The van der Waals surface area contributed by atoms with Crippen molar-refractivity contribution in [2.24, 2.45) is 11.3 Å². The lowest BCUT2D eigenvalue weighted by Gasteiger charge is -2.35. The molecule has 0 radical (unpaired) electrons.